The molecule has 0 saturated carbocycles. The summed E-state index contributed by atoms with van der Waals surface area (Å²) in [6.45, 7) is 2.71. The van der Waals surface area contributed by atoms with Crippen molar-refractivity contribution < 1.29 is 22.7 Å². The highest BCUT2D eigenvalue weighted by Crippen LogP contribution is 2.35. The van der Waals surface area contributed by atoms with Crippen molar-refractivity contribution in [2.75, 3.05) is 44.7 Å². The van der Waals surface area contributed by atoms with Gasteiger partial charge >= 0.3 is 0 Å². The molecule has 0 unspecified atom stereocenters. The number of hydrogen-bond acceptors (Lipinski definition) is 6. The van der Waals surface area contributed by atoms with E-state index in [2.05, 4.69) is 17.1 Å². The van der Waals surface area contributed by atoms with Crippen LogP contribution >= 0.6 is 0 Å². The Morgan fingerprint density at radius 2 is 1.61 bits per heavy atom. The van der Waals surface area contributed by atoms with Crippen LogP contribution in [0.2, 0.25) is 0 Å². The smallest absolute Gasteiger partial charge is 0.243 e. The van der Waals surface area contributed by atoms with Gasteiger partial charge in [0.15, 0.2) is 0 Å². The van der Waals surface area contributed by atoms with E-state index < -0.39 is 10.0 Å². The minimum Gasteiger partial charge on any atom is -0.495 e. The molecule has 2 amide bonds. The summed E-state index contributed by atoms with van der Waals surface area (Å²) in [5.74, 6) is -0.428. The number of methoxy groups -OCH3 is 1. The van der Waals surface area contributed by atoms with Crippen molar-refractivity contribution in [1.29, 1.82) is 0 Å². The Balaban J connectivity index is 1.45. The van der Waals surface area contributed by atoms with Crippen molar-refractivity contribution in [3.63, 3.8) is 0 Å². The summed E-state index contributed by atoms with van der Waals surface area (Å²) in [6, 6.07) is 14.3. The van der Waals surface area contributed by atoms with Crippen molar-refractivity contribution in [3.05, 3.63) is 60.2 Å². The van der Waals surface area contributed by atoms with E-state index in [0.717, 1.165) is 17.0 Å². The number of hydrogen-bond donors (Lipinski definition) is 0. The molecule has 0 radical (unpaired) electrons. The van der Waals surface area contributed by atoms with Crippen LogP contribution in [-0.2, 0) is 19.6 Å². The lowest BCUT2D eigenvalue weighted by Crippen LogP contribution is -2.48. The summed E-state index contributed by atoms with van der Waals surface area (Å²) >= 11 is 0. The fourth-order valence-corrected chi connectivity index (χ4v) is 5.50. The molecule has 2 heterocycles. The number of imide groups is 1. The van der Waals surface area contributed by atoms with Gasteiger partial charge in [0, 0.05) is 45.6 Å². The standard InChI is InChI=1S/C24H27N3O5S/c1-32-22-10-9-20(18-21(22)27-23(28)11-12-24(27)29)33(30,31)26-16-14-25(15-17-26)13-5-8-19-6-3-2-4-7-19/h2-10,18H,11-17H2,1H3/b8-5+. The van der Waals surface area contributed by atoms with Crippen LogP contribution in [0.25, 0.3) is 6.08 Å². The zero-order valence-electron chi connectivity index (χ0n) is 18.5. The van der Waals surface area contributed by atoms with Gasteiger partial charge < -0.3 is 4.74 Å². The lowest BCUT2D eigenvalue weighted by atomic mass is 10.2. The molecule has 8 nitrogen and oxygen atoms in total. The summed E-state index contributed by atoms with van der Waals surface area (Å²) in [5, 5.41) is 0. The van der Waals surface area contributed by atoms with Crippen LogP contribution in [0.15, 0.2) is 59.5 Å². The number of benzene rings is 2. The predicted molar refractivity (Wildman–Crippen MR) is 125 cm³/mol. The summed E-state index contributed by atoms with van der Waals surface area (Å²) in [4.78, 5) is 27.7. The molecule has 0 aliphatic carbocycles. The van der Waals surface area contributed by atoms with E-state index in [1.54, 1.807) is 0 Å². The number of ether oxygens (including phenoxy) is 1. The van der Waals surface area contributed by atoms with E-state index in [-0.39, 0.29) is 41.0 Å². The molecule has 2 saturated heterocycles. The van der Waals surface area contributed by atoms with Gasteiger partial charge in [0.05, 0.1) is 17.7 Å². The molecular formula is C24H27N3O5S. The predicted octanol–water partition coefficient (Wildman–Crippen LogP) is 2.37. The van der Waals surface area contributed by atoms with Crippen LogP contribution in [0.4, 0.5) is 5.69 Å². The number of rotatable bonds is 7. The van der Waals surface area contributed by atoms with Gasteiger partial charge in [-0.3, -0.25) is 14.5 Å². The molecule has 4 rings (SSSR count). The Labute approximate surface area is 194 Å². The first-order chi connectivity index (χ1) is 15.9. The van der Waals surface area contributed by atoms with Gasteiger partial charge in [-0.05, 0) is 23.8 Å². The molecule has 0 atom stereocenters. The second kappa shape index (κ2) is 9.86. The third-order valence-electron chi connectivity index (χ3n) is 5.89. The number of nitrogens with zero attached hydrogens (tertiary/aromatic N) is 3. The quantitative estimate of drug-likeness (QED) is 0.579. The highest BCUT2D eigenvalue weighted by atomic mass is 32.2. The van der Waals surface area contributed by atoms with Crippen molar-refractivity contribution in [2.24, 2.45) is 0 Å². The maximum Gasteiger partial charge on any atom is 0.243 e. The first-order valence-electron chi connectivity index (χ1n) is 10.9. The topological polar surface area (TPSA) is 87.2 Å². The fraction of sp³-hybridized carbons (Fsp3) is 0.333. The number of carbonyl (C=O) groups excluding carboxylic acids is 2. The maximum atomic E-state index is 13.3. The van der Waals surface area contributed by atoms with Crippen molar-refractivity contribution in [1.82, 2.24) is 9.21 Å². The van der Waals surface area contributed by atoms with Crippen molar-refractivity contribution in [2.45, 2.75) is 17.7 Å². The van der Waals surface area contributed by atoms with Gasteiger partial charge in [-0.1, -0.05) is 42.5 Å². The molecular weight excluding hydrogens is 442 g/mol. The monoisotopic (exact) mass is 469 g/mol. The van der Waals surface area contributed by atoms with E-state index in [4.69, 9.17) is 4.74 Å². The number of sulfonamides is 1. The molecule has 2 aromatic rings. The second-order valence-electron chi connectivity index (χ2n) is 7.97. The normalized spacial score (nSPS) is 18.4. The first kappa shape index (κ1) is 23.2. The van der Waals surface area contributed by atoms with Gasteiger partial charge in [-0.15, -0.1) is 0 Å². The third-order valence-corrected chi connectivity index (χ3v) is 7.78. The summed E-state index contributed by atoms with van der Waals surface area (Å²) in [7, 11) is -2.36. The summed E-state index contributed by atoms with van der Waals surface area (Å²) < 4.78 is 33.3. The van der Waals surface area contributed by atoms with Gasteiger partial charge in [0.2, 0.25) is 21.8 Å². The third kappa shape index (κ3) is 5.00. The second-order valence-corrected chi connectivity index (χ2v) is 9.91. The van der Waals surface area contributed by atoms with Gasteiger partial charge in [0.1, 0.15) is 5.75 Å². The zero-order valence-corrected chi connectivity index (χ0v) is 19.3. The van der Waals surface area contributed by atoms with Crippen LogP contribution in [0.3, 0.4) is 0 Å². The highest BCUT2D eigenvalue weighted by Gasteiger charge is 2.34. The number of amides is 2. The van der Waals surface area contributed by atoms with E-state index in [9.17, 15) is 18.0 Å². The SMILES string of the molecule is COc1ccc(S(=O)(=O)N2CCN(C/C=C/c3ccccc3)CC2)cc1N1C(=O)CCC1=O. The van der Waals surface area contributed by atoms with Crippen LogP contribution in [0.1, 0.15) is 18.4 Å². The summed E-state index contributed by atoms with van der Waals surface area (Å²) in [6.07, 6.45) is 4.36. The molecule has 0 aromatic heterocycles. The van der Waals surface area contributed by atoms with Crippen molar-refractivity contribution in [3.8, 4) is 5.75 Å². The van der Waals surface area contributed by atoms with Crippen LogP contribution in [-0.4, -0.2) is 69.3 Å². The van der Waals surface area contributed by atoms with E-state index in [1.807, 2.05) is 30.3 Å². The van der Waals surface area contributed by atoms with E-state index in [1.165, 1.54) is 29.6 Å². The first-order valence-corrected chi connectivity index (χ1v) is 12.3. The molecule has 2 aromatic carbocycles. The zero-order chi connectivity index (χ0) is 23.4. The Hall–Kier alpha value is -3.01. The van der Waals surface area contributed by atoms with Crippen LogP contribution in [0, 0.1) is 0 Å². The number of anilines is 1. The molecule has 9 heteroatoms. The highest BCUT2D eigenvalue weighted by molar-refractivity contribution is 7.89. The number of carbonyl (C=O) groups is 2. The summed E-state index contributed by atoms with van der Waals surface area (Å²) in [5.41, 5.74) is 1.31. The molecule has 2 fully saturated rings. The van der Waals surface area contributed by atoms with Crippen LogP contribution in [0.5, 0.6) is 5.75 Å². The molecule has 0 spiro atoms. The largest absolute Gasteiger partial charge is 0.495 e. The molecule has 2 aliphatic rings. The Kier molecular flexibility index (Phi) is 6.92. The Morgan fingerprint density at radius 1 is 0.939 bits per heavy atom. The molecule has 174 valence electrons. The Bertz CT molecular complexity index is 1140. The molecule has 2 aliphatic heterocycles. The fourth-order valence-electron chi connectivity index (χ4n) is 4.05. The van der Waals surface area contributed by atoms with Gasteiger partial charge in [0.25, 0.3) is 0 Å². The molecule has 33 heavy (non-hydrogen) atoms. The average Bonchev–Trinajstić information content (AvgIpc) is 3.17. The van der Waals surface area contributed by atoms with Gasteiger partial charge in [-0.2, -0.15) is 4.31 Å². The van der Waals surface area contributed by atoms with E-state index in [0.29, 0.717) is 26.2 Å². The lowest BCUT2D eigenvalue weighted by Gasteiger charge is -2.33. The Morgan fingerprint density at radius 3 is 2.24 bits per heavy atom. The van der Waals surface area contributed by atoms with Crippen LogP contribution < -0.4 is 9.64 Å². The van der Waals surface area contributed by atoms with E-state index >= 15 is 0 Å². The van der Waals surface area contributed by atoms with Gasteiger partial charge in [-0.25, -0.2) is 13.3 Å². The maximum absolute atomic E-state index is 13.3. The molecule has 0 N–H and O–H groups in total. The lowest BCUT2D eigenvalue weighted by molar-refractivity contribution is -0.121. The van der Waals surface area contributed by atoms with Crippen molar-refractivity contribution >= 4 is 33.6 Å². The molecule has 0 bridgehead atoms. The average molecular weight is 470 g/mol. The number of piperazine rings is 1. The minimum atomic E-state index is -3.78. The minimum absolute atomic E-state index is 0.0447.